The van der Waals surface area contributed by atoms with Crippen LogP contribution in [0.25, 0.3) is 0 Å². The van der Waals surface area contributed by atoms with Crippen LogP contribution in [0, 0.1) is 5.92 Å². The highest BCUT2D eigenvalue weighted by atomic mass is 14.9. The van der Waals surface area contributed by atoms with Crippen molar-refractivity contribution in [3.05, 3.63) is 0 Å². The number of fused-ring (bicyclic) bond motifs is 4. The molecule has 0 radical (unpaired) electrons. The van der Waals surface area contributed by atoms with Crippen LogP contribution in [0.1, 0.15) is 32.1 Å². The summed E-state index contributed by atoms with van der Waals surface area (Å²) in [6, 6.07) is 0.892. The van der Waals surface area contributed by atoms with Gasteiger partial charge in [-0.25, -0.2) is 0 Å². The lowest BCUT2D eigenvalue weighted by Crippen LogP contribution is -2.35. The van der Waals surface area contributed by atoms with Crippen molar-refractivity contribution in [2.24, 2.45) is 5.92 Å². The summed E-state index contributed by atoms with van der Waals surface area (Å²) in [5.74, 6) is 1.03. The first-order valence-corrected chi connectivity index (χ1v) is 4.18. The van der Waals surface area contributed by atoms with Crippen LogP contribution in [-0.4, -0.2) is 12.6 Å². The van der Waals surface area contributed by atoms with E-state index in [0.29, 0.717) is 0 Å². The molecule has 0 aromatic rings. The van der Waals surface area contributed by atoms with Gasteiger partial charge in [-0.2, -0.15) is 0 Å². The fourth-order valence-corrected chi connectivity index (χ4v) is 2.12. The molecule has 2 unspecified atom stereocenters. The Morgan fingerprint density at radius 1 is 1.00 bits per heavy atom. The van der Waals surface area contributed by atoms with Crippen molar-refractivity contribution >= 4 is 0 Å². The van der Waals surface area contributed by atoms with E-state index < -0.39 is 0 Å². The first-order chi connectivity index (χ1) is 4.45. The van der Waals surface area contributed by atoms with E-state index >= 15 is 0 Å². The Labute approximate surface area is 56.8 Å². The van der Waals surface area contributed by atoms with E-state index in [2.05, 4.69) is 5.32 Å². The summed E-state index contributed by atoms with van der Waals surface area (Å²) < 4.78 is 0. The minimum absolute atomic E-state index is 0.892. The molecule has 2 atom stereocenters. The van der Waals surface area contributed by atoms with Crippen molar-refractivity contribution in [3.63, 3.8) is 0 Å². The lowest BCUT2D eigenvalue weighted by molar-refractivity contribution is 0.342. The second-order valence-electron chi connectivity index (χ2n) is 3.48. The molecular weight excluding hydrogens is 110 g/mol. The smallest absolute Gasteiger partial charge is 0.00672 e. The van der Waals surface area contributed by atoms with Crippen molar-refractivity contribution in [1.29, 1.82) is 0 Å². The Bertz CT molecular complexity index is 75.2. The van der Waals surface area contributed by atoms with Crippen molar-refractivity contribution < 1.29 is 0 Å². The quantitative estimate of drug-likeness (QED) is 0.518. The van der Waals surface area contributed by atoms with Crippen molar-refractivity contribution in [1.82, 2.24) is 5.32 Å². The van der Waals surface area contributed by atoms with E-state index in [9.17, 15) is 0 Å². The van der Waals surface area contributed by atoms with Crippen molar-refractivity contribution in [3.8, 4) is 0 Å². The van der Waals surface area contributed by atoms with Gasteiger partial charge in [0.25, 0.3) is 0 Å². The summed E-state index contributed by atoms with van der Waals surface area (Å²) in [5, 5.41) is 3.58. The molecule has 2 saturated heterocycles. The molecule has 3 aliphatic rings. The van der Waals surface area contributed by atoms with Crippen LogP contribution >= 0.6 is 0 Å². The van der Waals surface area contributed by atoms with Crippen LogP contribution in [0.2, 0.25) is 0 Å². The molecule has 3 fully saturated rings. The monoisotopic (exact) mass is 125 g/mol. The summed E-state index contributed by atoms with van der Waals surface area (Å²) in [7, 11) is 0. The maximum Gasteiger partial charge on any atom is 0.00672 e. The Balaban J connectivity index is 2.03. The highest BCUT2D eigenvalue weighted by Crippen LogP contribution is 2.26. The van der Waals surface area contributed by atoms with E-state index in [4.69, 9.17) is 0 Å². The largest absolute Gasteiger partial charge is 0.314 e. The Hall–Kier alpha value is -0.0400. The zero-order valence-electron chi connectivity index (χ0n) is 5.90. The van der Waals surface area contributed by atoms with Gasteiger partial charge < -0.3 is 5.32 Å². The minimum Gasteiger partial charge on any atom is -0.314 e. The van der Waals surface area contributed by atoms with Crippen LogP contribution in [-0.2, 0) is 0 Å². The van der Waals surface area contributed by atoms with Gasteiger partial charge in [-0.1, -0.05) is 6.42 Å². The van der Waals surface area contributed by atoms with Gasteiger partial charge in [0, 0.05) is 6.04 Å². The molecule has 1 saturated carbocycles. The van der Waals surface area contributed by atoms with E-state index in [1.54, 1.807) is 0 Å². The molecule has 1 aliphatic carbocycles. The zero-order valence-corrected chi connectivity index (χ0v) is 5.90. The van der Waals surface area contributed by atoms with Crippen LogP contribution in [0.15, 0.2) is 0 Å². The van der Waals surface area contributed by atoms with Crippen LogP contribution in [0.5, 0.6) is 0 Å². The first kappa shape index (κ1) is 5.72. The lowest BCUT2D eigenvalue weighted by atomic mass is 9.97. The highest BCUT2D eigenvalue weighted by molar-refractivity contribution is 4.81. The molecule has 0 aromatic heterocycles. The predicted octanol–water partition coefficient (Wildman–Crippen LogP) is 1.54. The van der Waals surface area contributed by atoms with Gasteiger partial charge in [0.05, 0.1) is 0 Å². The summed E-state index contributed by atoms with van der Waals surface area (Å²) in [4.78, 5) is 0. The zero-order chi connectivity index (χ0) is 6.10. The number of hydrogen-bond acceptors (Lipinski definition) is 1. The van der Waals surface area contributed by atoms with Gasteiger partial charge in [0.15, 0.2) is 0 Å². The number of rotatable bonds is 0. The van der Waals surface area contributed by atoms with E-state index in [0.717, 1.165) is 12.0 Å². The SMILES string of the molecule is C1CC2CCC(C1)NC2. The Morgan fingerprint density at radius 2 is 2.00 bits per heavy atom. The van der Waals surface area contributed by atoms with E-state index in [1.165, 1.54) is 38.6 Å². The Morgan fingerprint density at radius 3 is 2.78 bits per heavy atom. The molecule has 2 heterocycles. The van der Waals surface area contributed by atoms with Gasteiger partial charge in [0.2, 0.25) is 0 Å². The van der Waals surface area contributed by atoms with E-state index in [1.807, 2.05) is 0 Å². The molecule has 52 valence electrons. The molecule has 0 spiro atoms. The third-order valence-electron chi connectivity index (χ3n) is 2.78. The second-order valence-corrected chi connectivity index (χ2v) is 3.48. The molecule has 1 heteroatoms. The van der Waals surface area contributed by atoms with Gasteiger partial charge in [-0.05, 0) is 38.1 Å². The fourth-order valence-electron chi connectivity index (χ4n) is 2.12. The third-order valence-corrected chi connectivity index (χ3v) is 2.78. The maximum atomic E-state index is 3.58. The van der Waals surface area contributed by atoms with Crippen LogP contribution in [0.3, 0.4) is 0 Å². The molecule has 0 amide bonds. The molecule has 1 N–H and O–H groups in total. The van der Waals surface area contributed by atoms with Crippen LogP contribution < -0.4 is 5.32 Å². The van der Waals surface area contributed by atoms with Crippen LogP contribution in [0.4, 0.5) is 0 Å². The second kappa shape index (κ2) is 2.30. The molecule has 3 rings (SSSR count). The van der Waals surface area contributed by atoms with Gasteiger partial charge in [-0.15, -0.1) is 0 Å². The molecule has 2 bridgehead atoms. The number of hydrogen-bond donors (Lipinski definition) is 1. The number of nitrogens with one attached hydrogen (secondary N) is 1. The third kappa shape index (κ3) is 1.11. The van der Waals surface area contributed by atoms with Gasteiger partial charge >= 0.3 is 0 Å². The maximum absolute atomic E-state index is 3.58. The normalized spacial score (nSPS) is 42.7. The first-order valence-electron chi connectivity index (χ1n) is 4.18. The van der Waals surface area contributed by atoms with Crippen molar-refractivity contribution in [2.45, 2.75) is 38.1 Å². The summed E-state index contributed by atoms with van der Waals surface area (Å²) in [6.45, 7) is 1.31. The van der Waals surface area contributed by atoms with E-state index in [-0.39, 0.29) is 0 Å². The topological polar surface area (TPSA) is 12.0 Å². The average Bonchev–Trinajstić information content (AvgIpc) is 2.21. The molecule has 9 heavy (non-hydrogen) atoms. The Kier molecular flexibility index (Phi) is 1.46. The highest BCUT2D eigenvalue weighted by Gasteiger charge is 2.23. The molecule has 0 aromatic carbocycles. The molecule has 2 aliphatic heterocycles. The van der Waals surface area contributed by atoms with Gasteiger partial charge in [-0.3, -0.25) is 0 Å². The molecule has 1 nitrogen and oxygen atoms in total. The predicted molar refractivity (Wildman–Crippen MR) is 38.4 cm³/mol. The lowest BCUT2D eigenvalue weighted by Gasteiger charge is -2.24. The fraction of sp³-hybridized carbons (Fsp3) is 1.00. The van der Waals surface area contributed by atoms with Crippen molar-refractivity contribution in [2.75, 3.05) is 6.54 Å². The summed E-state index contributed by atoms with van der Waals surface area (Å²) in [6.07, 6.45) is 7.35. The minimum atomic E-state index is 0.892. The standard InChI is InChI=1S/C8H15N/c1-2-7-4-5-8(3-1)9-6-7/h7-9H,1-6H2. The summed E-state index contributed by atoms with van der Waals surface area (Å²) in [5.41, 5.74) is 0. The average molecular weight is 125 g/mol. The molecular formula is C8H15N. The van der Waals surface area contributed by atoms with Gasteiger partial charge in [0.1, 0.15) is 0 Å². The number of piperidine rings is 1. The summed E-state index contributed by atoms with van der Waals surface area (Å²) >= 11 is 0.